The molecule has 1 N–H and O–H groups in total. The molecule has 3 nitrogen and oxygen atoms in total. The Morgan fingerprint density at radius 1 is 0.909 bits per heavy atom. The van der Waals surface area contributed by atoms with Crippen LogP contribution in [0.4, 0.5) is 0 Å². The Hall–Kier alpha value is -2.00. The van der Waals surface area contributed by atoms with Crippen molar-refractivity contribution in [2.24, 2.45) is 0 Å². The molecule has 0 aromatic heterocycles. The summed E-state index contributed by atoms with van der Waals surface area (Å²) in [6.07, 6.45) is 0.140. The largest absolute Gasteiger partial charge is 0.490 e. The zero-order valence-electron chi connectivity index (χ0n) is 13.6. The van der Waals surface area contributed by atoms with Gasteiger partial charge in [-0.25, -0.2) is 0 Å². The summed E-state index contributed by atoms with van der Waals surface area (Å²) in [6.45, 7) is 8.32. The molecule has 118 valence electrons. The molecule has 2 aromatic rings. The van der Waals surface area contributed by atoms with E-state index in [0.29, 0.717) is 6.61 Å². The summed E-state index contributed by atoms with van der Waals surface area (Å²) in [5.41, 5.74) is 2.47. The Labute approximate surface area is 133 Å². The number of hydrogen-bond donors (Lipinski definition) is 1. The maximum absolute atomic E-state index is 5.78. The van der Waals surface area contributed by atoms with E-state index in [0.717, 1.165) is 24.6 Å². The number of benzene rings is 2. The van der Waals surface area contributed by atoms with Crippen LogP contribution in [0, 0.1) is 0 Å². The van der Waals surface area contributed by atoms with Crippen molar-refractivity contribution in [2.75, 3.05) is 6.61 Å². The van der Waals surface area contributed by atoms with E-state index in [-0.39, 0.29) is 6.10 Å². The van der Waals surface area contributed by atoms with Crippen LogP contribution in [0.2, 0.25) is 0 Å². The molecule has 0 saturated heterocycles. The fraction of sp³-hybridized carbons (Fsp3) is 0.368. The first-order chi connectivity index (χ1) is 10.7. The van der Waals surface area contributed by atoms with Crippen LogP contribution in [0.3, 0.4) is 0 Å². The SMILES string of the molecule is CCOc1cc(CNCc2ccccc2)ccc1OC(C)C. The van der Waals surface area contributed by atoms with Gasteiger partial charge in [0.25, 0.3) is 0 Å². The molecule has 2 rings (SSSR count). The lowest BCUT2D eigenvalue weighted by atomic mass is 10.2. The lowest BCUT2D eigenvalue weighted by Gasteiger charge is -2.15. The van der Waals surface area contributed by atoms with Crippen LogP contribution in [0.15, 0.2) is 48.5 Å². The minimum atomic E-state index is 0.140. The lowest BCUT2D eigenvalue weighted by molar-refractivity contribution is 0.223. The van der Waals surface area contributed by atoms with Gasteiger partial charge in [0.2, 0.25) is 0 Å². The highest BCUT2D eigenvalue weighted by molar-refractivity contribution is 5.43. The van der Waals surface area contributed by atoms with Crippen molar-refractivity contribution in [1.29, 1.82) is 0 Å². The molecule has 0 atom stereocenters. The Bertz CT molecular complexity index is 567. The van der Waals surface area contributed by atoms with Crippen LogP contribution >= 0.6 is 0 Å². The predicted molar refractivity (Wildman–Crippen MR) is 90.4 cm³/mol. The second-order valence-electron chi connectivity index (χ2n) is 5.47. The van der Waals surface area contributed by atoms with Gasteiger partial charge >= 0.3 is 0 Å². The molecule has 0 amide bonds. The van der Waals surface area contributed by atoms with Crippen molar-refractivity contribution in [1.82, 2.24) is 5.32 Å². The summed E-state index contributed by atoms with van der Waals surface area (Å²) < 4.78 is 11.5. The molecule has 0 aliphatic rings. The molecule has 2 aromatic carbocycles. The molecule has 0 radical (unpaired) electrons. The van der Waals surface area contributed by atoms with Gasteiger partial charge in [0.15, 0.2) is 11.5 Å². The molecular weight excluding hydrogens is 274 g/mol. The van der Waals surface area contributed by atoms with Crippen molar-refractivity contribution in [2.45, 2.75) is 40.0 Å². The third kappa shape index (κ3) is 5.08. The highest BCUT2D eigenvalue weighted by Gasteiger charge is 2.08. The van der Waals surface area contributed by atoms with E-state index in [1.54, 1.807) is 0 Å². The first kappa shape index (κ1) is 16.4. The summed E-state index contributed by atoms with van der Waals surface area (Å²) in [6, 6.07) is 16.5. The van der Waals surface area contributed by atoms with Crippen LogP contribution in [0.25, 0.3) is 0 Å². The molecule has 0 fully saturated rings. The first-order valence-corrected chi connectivity index (χ1v) is 7.86. The quantitative estimate of drug-likeness (QED) is 0.794. The monoisotopic (exact) mass is 299 g/mol. The lowest BCUT2D eigenvalue weighted by Crippen LogP contribution is -2.13. The molecule has 0 heterocycles. The summed E-state index contributed by atoms with van der Waals surface area (Å²) >= 11 is 0. The van der Waals surface area contributed by atoms with Crippen molar-refractivity contribution in [3.05, 3.63) is 59.7 Å². The standard InChI is InChI=1S/C19H25NO2/c1-4-21-19-12-17(10-11-18(19)22-15(2)3)14-20-13-16-8-6-5-7-9-16/h5-12,15,20H,4,13-14H2,1-3H3. The molecule has 22 heavy (non-hydrogen) atoms. The second-order valence-corrected chi connectivity index (χ2v) is 5.47. The minimum absolute atomic E-state index is 0.140. The van der Waals surface area contributed by atoms with Crippen LogP contribution in [-0.2, 0) is 13.1 Å². The van der Waals surface area contributed by atoms with Crippen LogP contribution in [-0.4, -0.2) is 12.7 Å². The fourth-order valence-corrected chi connectivity index (χ4v) is 2.23. The number of ether oxygens (including phenoxy) is 2. The van der Waals surface area contributed by atoms with E-state index < -0.39 is 0 Å². The molecule has 0 spiro atoms. The topological polar surface area (TPSA) is 30.5 Å². The maximum atomic E-state index is 5.78. The van der Waals surface area contributed by atoms with Crippen molar-refractivity contribution < 1.29 is 9.47 Å². The maximum Gasteiger partial charge on any atom is 0.161 e. The number of rotatable bonds is 8. The molecule has 0 aliphatic heterocycles. The van der Waals surface area contributed by atoms with E-state index in [1.165, 1.54) is 11.1 Å². The van der Waals surface area contributed by atoms with Gasteiger partial charge in [-0.3, -0.25) is 0 Å². The van der Waals surface area contributed by atoms with Crippen LogP contribution < -0.4 is 14.8 Å². The summed E-state index contributed by atoms with van der Waals surface area (Å²) in [4.78, 5) is 0. The highest BCUT2D eigenvalue weighted by atomic mass is 16.5. The minimum Gasteiger partial charge on any atom is -0.490 e. The van der Waals surface area contributed by atoms with Crippen molar-refractivity contribution in [3.63, 3.8) is 0 Å². The number of hydrogen-bond acceptors (Lipinski definition) is 3. The first-order valence-electron chi connectivity index (χ1n) is 7.86. The zero-order valence-corrected chi connectivity index (χ0v) is 13.6. The smallest absolute Gasteiger partial charge is 0.161 e. The van der Waals surface area contributed by atoms with Crippen LogP contribution in [0.5, 0.6) is 11.5 Å². The van der Waals surface area contributed by atoms with E-state index in [9.17, 15) is 0 Å². The Morgan fingerprint density at radius 2 is 1.64 bits per heavy atom. The van der Waals surface area contributed by atoms with Crippen molar-refractivity contribution >= 4 is 0 Å². The molecule has 0 unspecified atom stereocenters. The normalized spacial score (nSPS) is 10.7. The van der Waals surface area contributed by atoms with Crippen LogP contribution in [0.1, 0.15) is 31.9 Å². The average Bonchev–Trinajstić information content (AvgIpc) is 2.51. The van der Waals surface area contributed by atoms with E-state index in [4.69, 9.17) is 9.47 Å². The fourth-order valence-electron chi connectivity index (χ4n) is 2.23. The summed E-state index contributed by atoms with van der Waals surface area (Å²) in [7, 11) is 0. The van der Waals surface area contributed by atoms with Gasteiger partial charge < -0.3 is 14.8 Å². The number of nitrogens with one attached hydrogen (secondary N) is 1. The van der Waals surface area contributed by atoms with E-state index in [2.05, 4.69) is 41.7 Å². The summed E-state index contributed by atoms with van der Waals surface area (Å²) in [5, 5.41) is 3.45. The van der Waals surface area contributed by atoms with Gasteiger partial charge in [-0.2, -0.15) is 0 Å². The molecule has 3 heteroatoms. The average molecular weight is 299 g/mol. The van der Waals surface area contributed by atoms with Gasteiger partial charge in [-0.1, -0.05) is 36.4 Å². The Kier molecular flexibility index (Phi) is 6.28. The molecule has 0 saturated carbocycles. The van der Waals surface area contributed by atoms with Gasteiger partial charge in [-0.05, 0) is 44.0 Å². The zero-order chi connectivity index (χ0) is 15.8. The third-order valence-corrected chi connectivity index (χ3v) is 3.17. The van der Waals surface area contributed by atoms with Gasteiger partial charge in [0.1, 0.15) is 0 Å². The molecule has 0 aliphatic carbocycles. The molecule has 0 bridgehead atoms. The van der Waals surface area contributed by atoms with E-state index >= 15 is 0 Å². The Balaban J connectivity index is 1.97. The Morgan fingerprint density at radius 3 is 2.32 bits per heavy atom. The highest BCUT2D eigenvalue weighted by Crippen LogP contribution is 2.29. The van der Waals surface area contributed by atoms with Gasteiger partial charge in [0.05, 0.1) is 12.7 Å². The van der Waals surface area contributed by atoms with E-state index in [1.807, 2.05) is 32.9 Å². The second kappa shape index (κ2) is 8.44. The predicted octanol–water partition coefficient (Wildman–Crippen LogP) is 4.16. The van der Waals surface area contributed by atoms with Crippen molar-refractivity contribution in [3.8, 4) is 11.5 Å². The summed E-state index contributed by atoms with van der Waals surface area (Å²) in [5.74, 6) is 1.62. The van der Waals surface area contributed by atoms with Gasteiger partial charge in [-0.15, -0.1) is 0 Å². The van der Waals surface area contributed by atoms with Gasteiger partial charge in [0, 0.05) is 13.1 Å². The molecular formula is C19H25NO2. The third-order valence-electron chi connectivity index (χ3n) is 3.17.